The van der Waals surface area contributed by atoms with E-state index in [0.29, 0.717) is 37.6 Å². The minimum Gasteiger partial charge on any atom is -0.368 e. The third-order valence-corrected chi connectivity index (χ3v) is 4.54. The average Bonchev–Trinajstić information content (AvgIpc) is 2.62. The van der Waals surface area contributed by atoms with Gasteiger partial charge in [-0.3, -0.25) is 0 Å². The number of halogens is 4. The average molecular weight is 384 g/mol. The summed E-state index contributed by atoms with van der Waals surface area (Å²) in [5, 5.41) is 2.49. The first-order valence-electron chi connectivity index (χ1n) is 8.07. The van der Waals surface area contributed by atoms with Crippen LogP contribution in [-0.4, -0.2) is 37.1 Å². The Kier molecular flexibility index (Phi) is 5.27. The van der Waals surface area contributed by atoms with Crippen LogP contribution in [0.5, 0.6) is 0 Å². The summed E-state index contributed by atoms with van der Waals surface area (Å²) in [5.41, 5.74) is 0.304. The highest BCUT2D eigenvalue weighted by Crippen LogP contribution is 2.37. The Labute approximate surface area is 154 Å². The number of carbonyl (C=O) groups is 1. The van der Waals surface area contributed by atoms with Crippen LogP contribution in [-0.2, 0) is 6.18 Å². The first kappa shape index (κ1) is 18.4. The van der Waals surface area contributed by atoms with Crippen molar-refractivity contribution in [1.82, 2.24) is 4.90 Å². The lowest BCUT2D eigenvalue weighted by Gasteiger charge is -2.36. The molecule has 26 heavy (non-hydrogen) atoms. The fraction of sp³-hybridized carbons (Fsp3) is 0.278. The monoisotopic (exact) mass is 383 g/mol. The van der Waals surface area contributed by atoms with Crippen LogP contribution < -0.4 is 10.2 Å². The first-order chi connectivity index (χ1) is 12.3. The summed E-state index contributed by atoms with van der Waals surface area (Å²) in [5.74, 6) is 0. The van der Waals surface area contributed by atoms with Crippen LogP contribution in [0, 0.1) is 0 Å². The molecular formula is C18H17ClF3N3O. The lowest BCUT2D eigenvalue weighted by molar-refractivity contribution is -0.137. The molecule has 1 N–H and O–H groups in total. The van der Waals surface area contributed by atoms with E-state index in [9.17, 15) is 18.0 Å². The maximum absolute atomic E-state index is 13.0. The molecule has 0 unspecified atom stereocenters. The predicted octanol–water partition coefficient (Wildman–Crippen LogP) is 4.71. The van der Waals surface area contributed by atoms with E-state index in [2.05, 4.69) is 5.32 Å². The molecule has 2 amide bonds. The van der Waals surface area contributed by atoms with Gasteiger partial charge in [-0.1, -0.05) is 29.8 Å². The summed E-state index contributed by atoms with van der Waals surface area (Å²) in [6.07, 6.45) is -4.50. The van der Waals surface area contributed by atoms with Gasteiger partial charge in [-0.05, 0) is 30.3 Å². The lowest BCUT2D eigenvalue weighted by Crippen LogP contribution is -2.50. The largest absolute Gasteiger partial charge is 0.417 e. The lowest BCUT2D eigenvalue weighted by atomic mass is 10.1. The molecule has 0 saturated carbocycles. The molecule has 1 fully saturated rings. The second-order valence-corrected chi connectivity index (χ2v) is 6.34. The van der Waals surface area contributed by atoms with Gasteiger partial charge < -0.3 is 15.1 Å². The van der Waals surface area contributed by atoms with Crippen molar-refractivity contribution in [3.05, 3.63) is 59.1 Å². The van der Waals surface area contributed by atoms with E-state index in [-0.39, 0.29) is 11.1 Å². The highest BCUT2D eigenvalue weighted by molar-refractivity contribution is 6.31. The number of benzene rings is 2. The molecular weight excluding hydrogens is 367 g/mol. The Bertz CT molecular complexity index is 775. The Morgan fingerprint density at radius 3 is 2.27 bits per heavy atom. The van der Waals surface area contributed by atoms with Crippen molar-refractivity contribution in [3.8, 4) is 0 Å². The van der Waals surface area contributed by atoms with E-state index in [1.807, 2.05) is 23.1 Å². The van der Waals surface area contributed by atoms with Crippen LogP contribution in [0.25, 0.3) is 0 Å². The number of amides is 2. The van der Waals surface area contributed by atoms with Crippen molar-refractivity contribution < 1.29 is 18.0 Å². The van der Waals surface area contributed by atoms with Gasteiger partial charge in [0.1, 0.15) is 0 Å². The summed E-state index contributed by atoms with van der Waals surface area (Å²) in [7, 11) is 0. The smallest absolute Gasteiger partial charge is 0.368 e. The summed E-state index contributed by atoms with van der Waals surface area (Å²) in [4.78, 5) is 15.7. The van der Waals surface area contributed by atoms with Crippen molar-refractivity contribution in [2.75, 3.05) is 36.4 Å². The van der Waals surface area contributed by atoms with Crippen molar-refractivity contribution in [3.63, 3.8) is 0 Å². The van der Waals surface area contributed by atoms with E-state index in [0.717, 1.165) is 6.07 Å². The number of carbonyl (C=O) groups excluding carboxylic acids is 1. The fourth-order valence-electron chi connectivity index (χ4n) is 2.82. The zero-order chi connectivity index (χ0) is 18.7. The highest BCUT2D eigenvalue weighted by atomic mass is 35.5. The Morgan fingerprint density at radius 2 is 1.65 bits per heavy atom. The number of piperazine rings is 1. The second-order valence-electron chi connectivity index (χ2n) is 5.93. The summed E-state index contributed by atoms with van der Waals surface area (Å²) in [6.45, 7) is 1.73. The van der Waals surface area contributed by atoms with Gasteiger partial charge in [0.05, 0.1) is 10.6 Å². The van der Waals surface area contributed by atoms with Gasteiger partial charge in [-0.25, -0.2) is 4.79 Å². The van der Waals surface area contributed by atoms with Gasteiger partial charge >= 0.3 is 12.2 Å². The van der Waals surface area contributed by atoms with E-state index < -0.39 is 11.7 Å². The number of anilines is 2. The Balaban J connectivity index is 1.63. The third-order valence-electron chi connectivity index (χ3n) is 4.21. The molecule has 1 heterocycles. The molecule has 4 nitrogen and oxygen atoms in total. The SMILES string of the molecule is O=C(Nc1ccccc1)N1CCN(c2ccc(Cl)c(C(F)(F)F)c2)CC1. The zero-order valence-corrected chi connectivity index (χ0v) is 14.5. The highest BCUT2D eigenvalue weighted by Gasteiger charge is 2.34. The molecule has 0 bridgehead atoms. The Morgan fingerprint density at radius 1 is 1.00 bits per heavy atom. The molecule has 0 radical (unpaired) electrons. The summed E-state index contributed by atoms with van der Waals surface area (Å²) < 4.78 is 39.0. The molecule has 1 saturated heterocycles. The first-order valence-corrected chi connectivity index (χ1v) is 8.45. The molecule has 0 spiro atoms. The van der Waals surface area contributed by atoms with Gasteiger partial charge in [-0.15, -0.1) is 0 Å². The normalized spacial score (nSPS) is 15.1. The van der Waals surface area contributed by atoms with Crippen LogP contribution in [0.4, 0.5) is 29.3 Å². The number of nitrogens with zero attached hydrogens (tertiary/aromatic N) is 2. The molecule has 2 aromatic carbocycles. The van der Waals surface area contributed by atoms with E-state index >= 15 is 0 Å². The molecule has 0 aromatic heterocycles. The Hall–Kier alpha value is -2.41. The standard InChI is InChI=1S/C18H17ClF3N3O/c19-16-7-6-14(12-15(16)18(20,21)22)24-8-10-25(11-9-24)17(26)23-13-4-2-1-3-5-13/h1-7,12H,8-11H2,(H,23,26). The van der Waals surface area contributed by atoms with Crippen LogP contribution >= 0.6 is 11.6 Å². The van der Waals surface area contributed by atoms with E-state index in [4.69, 9.17) is 11.6 Å². The molecule has 2 aromatic rings. The quantitative estimate of drug-likeness (QED) is 0.815. The maximum Gasteiger partial charge on any atom is 0.417 e. The van der Waals surface area contributed by atoms with Crippen LogP contribution in [0.3, 0.4) is 0 Å². The molecule has 8 heteroatoms. The number of hydrogen-bond donors (Lipinski definition) is 1. The predicted molar refractivity (Wildman–Crippen MR) is 95.7 cm³/mol. The van der Waals surface area contributed by atoms with Gasteiger partial charge in [-0.2, -0.15) is 13.2 Å². The minimum atomic E-state index is -4.50. The maximum atomic E-state index is 13.0. The van der Waals surface area contributed by atoms with Crippen LogP contribution in [0.15, 0.2) is 48.5 Å². The van der Waals surface area contributed by atoms with Crippen molar-refractivity contribution >= 4 is 29.0 Å². The topological polar surface area (TPSA) is 35.6 Å². The number of alkyl halides is 3. The van der Waals surface area contributed by atoms with Gasteiger partial charge in [0.2, 0.25) is 0 Å². The zero-order valence-electron chi connectivity index (χ0n) is 13.8. The van der Waals surface area contributed by atoms with E-state index in [1.165, 1.54) is 6.07 Å². The van der Waals surface area contributed by atoms with Crippen molar-refractivity contribution in [1.29, 1.82) is 0 Å². The molecule has 3 rings (SSSR count). The number of rotatable bonds is 2. The number of urea groups is 1. The second kappa shape index (κ2) is 7.45. The van der Waals surface area contributed by atoms with Crippen LogP contribution in [0.2, 0.25) is 5.02 Å². The minimum absolute atomic E-state index is 0.220. The molecule has 0 aliphatic carbocycles. The van der Waals surface area contributed by atoms with Crippen LogP contribution in [0.1, 0.15) is 5.56 Å². The van der Waals surface area contributed by atoms with Gasteiger partial charge in [0.25, 0.3) is 0 Å². The molecule has 138 valence electrons. The fourth-order valence-corrected chi connectivity index (χ4v) is 3.04. The number of nitrogens with one attached hydrogen (secondary N) is 1. The number of hydrogen-bond acceptors (Lipinski definition) is 2. The van der Waals surface area contributed by atoms with Gasteiger partial charge in [0, 0.05) is 37.6 Å². The van der Waals surface area contributed by atoms with Crippen molar-refractivity contribution in [2.45, 2.75) is 6.18 Å². The molecule has 1 aliphatic heterocycles. The summed E-state index contributed by atoms with van der Waals surface area (Å²) in [6, 6.07) is 12.8. The third kappa shape index (κ3) is 4.22. The molecule has 0 atom stereocenters. The van der Waals surface area contributed by atoms with Crippen molar-refractivity contribution in [2.24, 2.45) is 0 Å². The van der Waals surface area contributed by atoms with Gasteiger partial charge in [0.15, 0.2) is 0 Å². The van der Waals surface area contributed by atoms with E-state index in [1.54, 1.807) is 23.1 Å². The summed E-state index contributed by atoms with van der Waals surface area (Å²) >= 11 is 5.66. The number of para-hydroxylation sites is 1. The molecule has 1 aliphatic rings.